The van der Waals surface area contributed by atoms with E-state index >= 15 is 0 Å². The van der Waals surface area contributed by atoms with Crippen molar-refractivity contribution in [1.29, 1.82) is 0 Å². The van der Waals surface area contributed by atoms with Gasteiger partial charge in [0.2, 0.25) is 0 Å². The molecule has 0 aromatic carbocycles. The number of hydrogen-bond donors (Lipinski definition) is 0. The van der Waals surface area contributed by atoms with Crippen molar-refractivity contribution in [2.24, 2.45) is 5.92 Å². The number of anilines is 1. The van der Waals surface area contributed by atoms with Crippen LogP contribution in [0.5, 0.6) is 0 Å². The molecule has 3 aliphatic rings. The van der Waals surface area contributed by atoms with Gasteiger partial charge in [0.05, 0.1) is 0 Å². The Bertz CT molecular complexity index is 723. The predicted molar refractivity (Wildman–Crippen MR) is 98.0 cm³/mol. The van der Waals surface area contributed by atoms with Crippen molar-refractivity contribution in [1.82, 2.24) is 24.7 Å². The molecule has 1 saturated carbocycles. The third kappa shape index (κ3) is 3.01. The van der Waals surface area contributed by atoms with Crippen molar-refractivity contribution >= 4 is 11.5 Å². The summed E-state index contributed by atoms with van der Waals surface area (Å²) in [5.74, 6) is 3.61. The molecule has 0 amide bonds. The molecule has 5 rings (SSSR count). The van der Waals surface area contributed by atoms with E-state index in [1.807, 2.05) is 4.52 Å². The summed E-state index contributed by atoms with van der Waals surface area (Å²) in [7, 11) is 0. The van der Waals surface area contributed by atoms with Gasteiger partial charge in [-0.3, -0.25) is 0 Å². The highest BCUT2D eigenvalue weighted by molar-refractivity contribution is 5.46. The van der Waals surface area contributed by atoms with Crippen LogP contribution in [-0.4, -0.2) is 57.4 Å². The van der Waals surface area contributed by atoms with Gasteiger partial charge < -0.3 is 9.80 Å². The summed E-state index contributed by atoms with van der Waals surface area (Å²) in [5.41, 5.74) is 0.884. The molecule has 0 N–H and O–H groups in total. The molecule has 0 unspecified atom stereocenters. The molecule has 25 heavy (non-hydrogen) atoms. The summed E-state index contributed by atoms with van der Waals surface area (Å²) in [5, 5.41) is 13.8. The first-order chi connectivity index (χ1) is 12.4. The average Bonchev–Trinajstić information content (AvgIpc) is 3.28. The van der Waals surface area contributed by atoms with Crippen LogP contribution < -0.4 is 4.90 Å². The van der Waals surface area contributed by atoms with Gasteiger partial charge in [0, 0.05) is 25.6 Å². The molecule has 2 aliphatic heterocycles. The molecule has 2 aromatic heterocycles. The maximum atomic E-state index is 4.89. The summed E-state index contributed by atoms with van der Waals surface area (Å²) >= 11 is 0. The van der Waals surface area contributed by atoms with Crippen LogP contribution in [0.4, 0.5) is 5.82 Å². The monoisotopic (exact) mass is 340 g/mol. The minimum atomic E-state index is 0.494. The molecule has 6 nitrogen and oxygen atoms in total. The second kappa shape index (κ2) is 6.56. The van der Waals surface area contributed by atoms with Crippen LogP contribution in [0.25, 0.3) is 5.65 Å². The molecule has 4 heterocycles. The van der Waals surface area contributed by atoms with Gasteiger partial charge in [0.25, 0.3) is 0 Å². The summed E-state index contributed by atoms with van der Waals surface area (Å²) < 4.78 is 2.01. The Hall–Kier alpha value is -1.69. The van der Waals surface area contributed by atoms with E-state index in [1.54, 1.807) is 0 Å². The van der Waals surface area contributed by atoms with Gasteiger partial charge in [-0.2, -0.15) is 4.52 Å². The zero-order valence-electron chi connectivity index (χ0n) is 15.0. The fraction of sp³-hybridized carbons (Fsp3) is 0.737. The first-order valence-corrected chi connectivity index (χ1v) is 10.1. The van der Waals surface area contributed by atoms with Gasteiger partial charge in [-0.15, -0.1) is 15.3 Å². The molecule has 6 heteroatoms. The van der Waals surface area contributed by atoms with Gasteiger partial charge in [-0.05, 0) is 69.7 Å². The highest BCUT2D eigenvalue weighted by Crippen LogP contribution is 2.31. The number of piperidine rings is 1. The van der Waals surface area contributed by atoms with Crippen molar-refractivity contribution in [2.75, 3.05) is 37.6 Å². The second-order valence-corrected chi connectivity index (χ2v) is 8.09. The van der Waals surface area contributed by atoms with E-state index in [0.29, 0.717) is 5.92 Å². The van der Waals surface area contributed by atoms with E-state index in [4.69, 9.17) is 5.10 Å². The highest BCUT2D eigenvalue weighted by atomic mass is 15.4. The van der Waals surface area contributed by atoms with Crippen LogP contribution in [0.3, 0.4) is 0 Å². The van der Waals surface area contributed by atoms with Gasteiger partial charge in [-0.1, -0.05) is 6.42 Å². The Labute approximate surface area is 149 Å². The maximum absolute atomic E-state index is 4.89. The quantitative estimate of drug-likeness (QED) is 0.856. The number of nitrogens with zero attached hydrogens (tertiary/aromatic N) is 6. The van der Waals surface area contributed by atoms with E-state index in [1.165, 1.54) is 64.6 Å². The Morgan fingerprint density at radius 2 is 1.68 bits per heavy atom. The van der Waals surface area contributed by atoms with Crippen LogP contribution in [0.15, 0.2) is 12.1 Å². The summed E-state index contributed by atoms with van der Waals surface area (Å²) in [4.78, 5) is 5.04. The van der Waals surface area contributed by atoms with Crippen molar-refractivity contribution in [3.63, 3.8) is 0 Å². The maximum Gasteiger partial charge on any atom is 0.178 e. The minimum absolute atomic E-state index is 0.494. The minimum Gasteiger partial charge on any atom is -0.355 e. The molecule has 3 fully saturated rings. The van der Waals surface area contributed by atoms with E-state index in [2.05, 4.69) is 32.1 Å². The van der Waals surface area contributed by atoms with Crippen molar-refractivity contribution < 1.29 is 0 Å². The number of rotatable bonds is 4. The molecule has 0 spiro atoms. The number of hydrogen-bond acceptors (Lipinski definition) is 5. The van der Waals surface area contributed by atoms with E-state index < -0.39 is 0 Å². The van der Waals surface area contributed by atoms with E-state index in [0.717, 1.165) is 36.3 Å². The molecule has 0 atom stereocenters. The number of likely N-dealkylation sites (tertiary alicyclic amines) is 1. The van der Waals surface area contributed by atoms with Crippen LogP contribution in [0.2, 0.25) is 0 Å². The van der Waals surface area contributed by atoms with Crippen molar-refractivity contribution in [3.05, 3.63) is 18.0 Å². The third-order valence-electron chi connectivity index (χ3n) is 6.40. The van der Waals surface area contributed by atoms with Crippen LogP contribution >= 0.6 is 0 Å². The van der Waals surface area contributed by atoms with Gasteiger partial charge in [0.15, 0.2) is 11.5 Å². The zero-order valence-corrected chi connectivity index (χ0v) is 15.0. The molecule has 1 aliphatic carbocycles. The van der Waals surface area contributed by atoms with E-state index in [9.17, 15) is 0 Å². The lowest BCUT2D eigenvalue weighted by atomic mass is 9.84. The largest absolute Gasteiger partial charge is 0.355 e. The molecular formula is C19H28N6. The predicted octanol–water partition coefficient (Wildman–Crippen LogP) is 2.70. The Morgan fingerprint density at radius 3 is 2.40 bits per heavy atom. The Morgan fingerprint density at radius 1 is 0.880 bits per heavy atom. The molecule has 2 saturated heterocycles. The number of aromatic nitrogens is 4. The standard InChI is InChI=1S/C19H28N6/c1-2-11-24(10-1)18-7-6-17-20-21-19(25(17)22-18)16-8-12-23(13-9-16)14-15-4-3-5-15/h6-7,15-16H,1-5,8-14H2. The Kier molecular flexibility index (Phi) is 4.08. The van der Waals surface area contributed by atoms with Gasteiger partial charge in [-0.25, -0.2) is 0 Å². The lowest BCUT2D eigenvalue weighted by Crippen LogP contribution is -2.38. The van der Waals surface area contributed by atoms with E-state index in [-0.39, 0.29) is 0 Å². The molecule has 2 aromatic rings. The first kappa shape index (κ1) is 15.6. The zero-order chi connectivity index (χ0) is 16.6. The molecule has 134 valence electrons. The average molecular weight is 340 g/mol. The molecule has 0 bridgehead atoms. The molecular weight excluding hydrogens is 312 g/mol. The fourth-order valence-electron chi connectivity index (χ4n) is 4.58. The van der Waals surface area contributed by atoms with Gasteiger partial charge in [0.1, 0.15) is 5.82 Å². The second-order valence-electron chi connectivity index (χ2n) is 8.09. The SMILES string of the molecule is c1cc2nnc(C3CCN(CC4CCC4)CC3)n2nc1N1CCCC1. The smallest absolute Gasteiger partial charge is 0.178 e. The third-order valence-corrected chi connectivity index (χ3v) is 6.40. The fourth-order valence-corrected chi connectivity index (χ4v) is 4.58. The first-order valence-electron chi connectivity index (χ1n) is 10.1. The lowest BCUT2D eigenvalue weighted by Gasteiger charge is -2.36. The van der Waals surface area contributed by atoms with Crippen molar-refractivity contribution in [3.8, 4) is 0 Å². The van der Waals surface area contributed by atoms with Crippen molar-refractivity contribution in [2.45, 2.75) is 50.9 Å². The summed E-state index contributed by atoms with van der Waals surface area (Å²) in [6.45, 7) is 5.94. The summed E-state index contributed by atoms with van der Waals surface area (Å²) in [6, 6.07) is 4.17. The van der Waals surface area contributed by atoms with Gasteiger partial charge >= 0.3 is 0 Å². The van der Waals surface area contributed by atoms with Crippen LogP contribution in [-0.2, 0) is 0 Å². The Balaban J connectivity index is 1.31. The highest BCUT2D eigenvalue weighted by Gasteiger charge is 2.28. The number of fused-ring (bicyclic) bond motifs is 1. The normalized spacial score (nSPS) is 23.4. The molecule has 0 radical (unpaired) electrons. The van der Waals surface area contributed by atoms with Crippen LogP contribution in [0.1, 0.15) is 56.7 Å². The summed E-state index contributed by atoms with van der Waals surface area (Å²) in [6.07, 6.45) is 9.24. The lowest BCUT2D eigenvalue weighted by molar-refractivity contribution is 0.145. The topological polar surface area (TPSA) is 49.6 Å². The van der Waals surface area contributed by atoms with Crippen LogP contribution in [0, 0.1) is 5.92 Å².